The molecule has 0 aromatic rings. The topological polar surface area (TPSA) is 71.1 Å². The summed E-state index contributed by atoms with van der Waals surface area (Å²) >= 11 is 0. The normalized spacial score (nSPS) is 19.0. The average molecular weight is 485 g/mol. The van der Waals surface area contributed by atoms with Gasteiger partial charge >= 0.3 is 12.3 Å². The van der Waals surface area contributed by atoms with Crippen molar-refractivity contribution in [2.75, 3.05) is 13.2 Å². The first-order chi connectivity index (χ1) is 16.4. The molecule has 1 aliphatic carbocycles. The van der Waals surface area contributed by atoms with E-state index in [1.54, 1.807) is 0 Å². The Bertz CT molecular complexity index is 521. The number of rotatable bonds is 18. The molecule has 1 saturated carbocycles. The molecule has 6 heteroatoms. The van der Waals surface area contributed by atoms with Crippen LogP contribution in [0.1, 0.15) is 130 Å². The van der Waals surface area contributed by atoms with E-state index in [1.807, 2.05) is 0 Å². The van der Waals surface area contributed by atoms with Crippen molar-refractivity contribution < 1.29 is 28.5 Å². The zero-order valence-corrected chi connectivity index (χ0v) is 22.5. The maximum absolute atomic E-state index is 12.2. The molecule has 0 aromatic heterocycles. The predicted molar refractivity (Wildman–Crippen MR) is 136 cm³/mol. The van der Waals surface area contributed by atoms with Gasteiger partial charge in [0.2, 0.25) is 0 Å². The highest BCUT2D eigenvalue weighted by Gasteiger charge is 2.28. The first-order valence-electron chi connectivity index (χ1n) is 14.1. The van der Waals surface area contributed by atoms with Crippen molar-refractivity contribution >= 4 is 12.3 Å². The van der Waals surface area contributed by atoms with Crippen molar-refractivity contribution in [1.29, 1.82) is 0 Å². The second kappa shape index (κ2) is 19.8. The molecule has 3 atom stereocenters. The molecule has 1 rings (SSSR count). The van der Waals surface area contributed by atoms with Gasteiger partial charge in [0.1, 0.15) is 12.2 Å². The van der Waals surface area contributed by atoms with Crippen LogP contribution in [0.25, 0.3) is 0 Å². The van der Waals surface area contributed by atoms with Crippen molar-refractivity contribution in [3.63, 3.8) is 0 Å². The molecule has 1 aliphatic rings. The lowest BCUT2D eigenvalue weighted by molar-refractivity contribution is -0.0375. The lowest BCUT2D eigenvalue weighted by Gasteiger charge is -2.28. The lowest BCUT2D eigenvalue weighted by atomic mass is 9.95. The lowest BCUT2D eigenvalue weighted by Crippen LogP contribution is -2.32. The molecule has 0 radical (unpaired) electrons. The highest BCUT2D eigenvalue weighted by Crippen LogP contribution is 2.25. The number of hydrogen-bond acceptors (Lipinski definition) is 6. The third-order valence-electron chi connectivity index (χ3n) is 6.60. The molecule has 1 fully saturated rings. The van der Waals surface area contributed by atoms with E-state index in [-0.39, 0.29) is 12.2 Å². The number of unbranched alkanes of at least 4 members (excludes halogenated alkanes) is 6. The van der Waals surface area contributed by atoms with Crippen LogP contribution in [0.3, 0.4) is 0 Å². The van der Waals surface area contributed by atoms with Gasteiger partial charge in [-0.05, 0) is 50.4 Å². The van der Waals surface area contributed by atoms with Gasteiger partial charge in [0.25, 0.3) is 0 Å². The zero-order valence-electron chi connectivity index (χ0n) is 22.5. The molecule has 6 nitrogen and oxygen atoms in total. The third kappa shape index (κ3) is 16.2. The van der Waals surface area contributed by atoms with Crippen LogP contribution in [0.4, 0.5) is 9.59 Å². The van der Waals surface area contributed by atoms with Gasteiger partial charge in [0, 0.05) is 6.42 Å². The Morgan fingerprint density at radius 1 is 0.735 bits per heavy atom. The Morgan fingerprint density at radius 2 is 1.35 bits per heavy atom. The molecule has 0 spiro atoms. The first kappa shape index (κ1) is 30.6. The molecule has 0 amide bonds. The number of carbonyl (C=O) groups excluding carboxylic acids is 2. The van der Waals surface area contributed by atoms with E-state index in [4.69, 9.17) is 18.9 Å². The average Bonchev–Trinajstić information content (AvgIpc) is 2.79. The van der Waals surface area contributed by atoms with Crippen molar-refractivity contribution in [1.82, 2.24) is 0 Å². The molecule has 200 valence electrons. The fourth-order valence-electron chi connectivity index (χ4n) is 4.59. The Labute approximate surface area is 208 Å². The van der Waals surface area contributed by atoms with Gasteiger partial charge in [-0.1, -0.05) is 85.5 Å². The molecule has 0 aliphatic heterocycles. The van der Waals surface area contributed by atoms with Crippen LogP contribution < -0.4 is 0 Å². The Hall–Kier alpha value is -1.46. The van der Waals surface area contributed by atoms with Crippen molar-refractivity contribution in [3.8, 4) is 0 Å². The van der Waals surface area contributed by atoms with Crippen LogP contribution >= 0.6 is 0 Å². The van der Waals surface area contributed by atoms with E-state index < -0.39 is 12.3 Å². The quantitative estimate of drug-likeness (QED) is 0.143. The second-order valence-corrected chi connectivity index (χ2v) is 10.4. The molecule has 0 saturated heterocycles. The molecular weight excluding hydrogens is 432 g/mol. The fraction of sp³-hybridized carbons (Fsp3) is 0.929. The summed E-state index contributed by atoms with van der Waals surface area (Å²) in [5, 5.41) is 0. The summed E-state index contributed by atoms with van der Waals surface area (Å²) in [4.78, 5) is 24.2. The predicted octanol–water partition coefficient (Wildman–Crippen LogP) is 8.60. The van der Waals surface area contributed by atoms with Gasteiger partial charge in [-0.25, -0.2) is 9.59 Å². The van der Waals surface area contributed by atoms with E-state index in [9.17, 15) is 9.59 Å². The van der Waals surface area contributed by atoms with Gasteiger partial charge in [-0.3, -0.25) is 0 Å². The molecular formula is C28H52O6. The van der Waals surface area contributed by atoms with Crippen LogP contribution in [0.2, 0.25) is 0 Å². The zero-order chi connectivity index (χ0) is 25.0. The fourth-order valence-corrected chi connectivity index (χ4v) is 4.59. The van der Waals surface area contributed by atoms with E-state index in [0.717, 1.165) is 57.3 Å². The van der Waals surface area contributed by atoms with Gasteiger partial charge < -0.3 is 18.9 Å². The monoisotopic (exact) mass is 484 g/mol. The second-order valence-electron chi connectivity index (χ2n) is 10.4. The summed E-state index contributed by atoms with van der Waals surface area (Å²) in [6.45, 7) is 9.69. The third-order valence-corrected chi connectivity index (χ3v) is 6.60. The molecule has 0 heterocycles. The Kier molecular flexibility index (Phi) is 17.8. The number of hydrogen-bond donors (Lipinski definition) is 0. The SMILES string of the molecule is CCCCCC(CCC)COC(=O)OC1CCCC(OC(=O)OCCCCCCCC(C)C)C1. The summed E-state index contributed by atoms with van der Waals surface area (Å²) in [5.74, 6) is 1.17. The van der Waals surface area contributed by atoms with Crippen molar-refractivity contribution in [2.45, 2.75) is 143 Å². The minimum absolute atomic E-state index is 0.267. The van der Waals surface area contributed by atoms with E-state index in [0.29, 0.717) is 25.6 Å². The summed E-state index contributed by atoms with van der Waals surface area (Å²) in [6.07, 6.45) is 14.9. The van der Waals surface area contributed by atoms with Crippen molar-refractivity contribution in [2.24, 2.45) is 11.8 Å². The number of carbonyl (C=O) groups is 2. The van der Waals surface area contributed by atoms with Crippen LogP contribution in [-0.4, -0.2) is 37.7 Å². The van der Waals surface area contributed by atoms with Gasteiger partial charge in [0.05, 0.1) is 13.2 Å². The highest BCUT2D eigenvalue weighted by molar-refractivity contribution is 5.60. The van der Waals surface area contributed by atoms with E-state index in [2.05, 4.69) is 27.7 Å². The molecule has 0 N–H and O–H groups in total. The largest absolute Gasteiger partial charge is 0.508 e. The first-order valence-corrected chi connectivity index (χ1v) is 14.1. The van der Waals surface area contributed by atoms with Gasteiger partial charge in [0.15, 0.2) is 0 Å². The summed E-state index contributed by atoms with van der Waals surface area (Å²) in [5.41, 5.74) is 0. The maximum atomic E-state index is 12.2. The minimum Gasteiger partial charge on any atom is -0.434 e. The van der Waals surface area contributed by atoms with Crippen LogP contribution in [0.15, 0.2) is 0 Å². The molecule has 0 bridgehead atoms. The van der Waals surface area contributed by atoms with E-state index >= 15 is 0 Å². The highest BCUT2D eigenvalue weighted by atomic mass is 16.7. The van der Waals surface area contributed by atoms with Crippen LogP contribution in [0.5, 0.6) is 0 Å². The van der Waals surface area contributed by atoms with Gasteiger partial charge in [-0.15, -0.1) is 0 Å². The van der Waals surface area contributed by atoms with Gasteiger partial charge in [-0.2, -0.15) is 0 Å². The molecule has 34 heavy (non-hydrogen) atoms. The van der Waals surface area contributed by atoms with E-state index in [1.165, 1.54) is 44.9 Å². The smallest absolute Gasteiger partial charge is 0.434 e. The standard InChI is InChI=1S/C28H52O6/c1-5-7-11-17-24(15-6-2)22-32-28(30)34-26-19-14-18-25(21-26)33-27(29)31-20-13-10-8-9-12-16-23(3)4/h23-26H,5-22H2,1-4H3. The molecule has 0 aromatic carbocycles. The molecule has 3 unspecified atom stereocenters. The summed E-state index contributed by atoms with van der Waals surface area (Å²) in [6, 6.07) is 0. The summed E-state index contributed by atoms with van der Waals surface area (Å²) in [7, 11) is 0. The van der Waals surface area contributed by atoms with Crippen molar-refractivity contribution in [3.05, 3.63) is 0 Å². The van der Waals surface area contributed by atoms with Crippen LogP contribution in [0, 0.1) is 11.8 Å². The Morgan fingerprint density at radius 3 is 2.00 bits per heavy atom. The maximum Gasteiger partial charge on any atom is 0.508 e. The number of ether oxygens (including phenoxy) is 4. The van der Waals surface area contributed by atoms with Crippen LogP contribution in [-0.2, 0) is 18.9 Å². The minimum atomic E-state index is -0.609. The summed E-state index contributed by atoms with van der Waals surface area (Å²) < 4.78 is 21.7. The Balaban J connectivity index is 2.18.